The zero-order valence-corrected chi connectivity index (χ0v) is 9.06. The fourth-order valence-electron chi connectivity index (χ4n) is 0.955. The summed E-state index contributed by atoms with van der Waals surface area (Å²) in [5, 5.41) is 10.1. The lowest BCUT2D eigenvalue weighted by Crippen LogP contribution is -1.94. The van der Waals surface area contributed by atoms with E-state index in [1.54, 1.807) is 6.07 Å². The Morgan fingerprint density at radius 1 is 1.58 bits per heavy atom. The molecule has 1 aromatic carbocycles. The van der Waals surface area contributed by atoms with Gasteiger partial charge in [0, 0.05) is 4.47 Å². The highest BCUT2D eigenvalue weighted by atomic mass is 79.9. The first-order valence-corrected chi connectivity index (χ1v) is 4.95. The molecule has 0 aromatic heterocycles. The van der Waals surface area contributed by atoms with Crippen LogP contribution in [0.2, 0.25) is 5.02 Å². The summed E-state index contributed by atoms with van der Waals surface area (Å²) >= 11 is 9.10. The molecule has 1 N–H and O–H groups in total. The molecule has 0 fully saturated rings. The second-order valence-corrected chi connectivity index (χ2v) is 3.86. The highest BCUT2D eigenvalue weighted by molar-refractivity contribution is 9.10. The minimum absolute atomic E-state index is 0.390. The van der Waals surface area contributed by atoms with Crippen molar-refractivity contribution in [1.29, 1.82) is 0 Å². The van der Waals surface area contributed by atoms with Crippen LogP contribution in [-0.4, -0.2) is 5.11 Å². The van der Waals surface area contributed by atoms with Gasteiger partial charge in [0.2, 0.25) is 0 Å². The fraction of sp³-hybridized carbons (Fsp3) is 0.333. The van der Waals surface area contributed by atoms with E-state index in [0.29, 0.717) is 11.4 Å². The molecule has 3 heteroatoms. The zero-order chi connectivity index (χ0) is 9.14. The molecule has 0 spiro atoms. The van der Waals surface area contributed by atoms with Gasteiger partial charge in [-0.1, -0.05) is 24.6 Å². The Bertz CT molecular complexity index is 275. The van der Waals surface area contributed by atoms with Gasteiger partial charge in [-0.15, -0.1) is 0 Å². The standard InChI is InChI=1S/C9H10BrClO/c1-2-9(12)6-3-4-8(11)7(10)5-6/h3-5,9,12H,2H2,1H3/t9-/m1/s1. The minimum atomic E-state index is -0.390. The van der Waals surface area contributed by atoms with E-state index in [2.05, 4.69) is 15.9 Å². The number of aliphatic hydroxyl groups excluding tert-OH is 1. The number of hydrogen-bond acceptors (Lipinski definition) is 1. The molecule has 1 atom stereocenters. The van der Waals surface area contributed by atoms with Crippen LogP contribution in [0, 0.1) is 0 Å². The topological polar surface area (TPSA) is 20.2 Å². The quantitative estimate of drug-likeness (QED) is 0.850. The maximum atomic E-state index is 9.48. The first kappa shape index (κ1) is 10.0. The van der Waals surface area contributed by atoms with Crippen molar-refractivity contribution >= 4 is 27.5 Å². The Morgan fingerprint density at radius 3 is 2.75 bits per heavy atom. The number of aliphatic hydroxyl groups is 1. The maximum Gasteiger partial charge on any atom is 0.0787 e. The predicted octanol–water partition coefficient (Wildman–Crippen LogP) is 3.55. The molecule has 0 aliphatic rings. The molecule has 0 heterocycles. The van der Waals surface area contributed by atoms with Gasteiger partial charge in [0.15, 0.2) is 0 Å². The number of hydrogen-bond donors (Lipinski definition) is 1. The summed E-state index contributed by atoms with van der Waals surface area (Å²) in [4.78, 5) is 0. The average Bonchev–Trinajstić information content (AvgIpc) is 2.08. The summed E-state index contributed by atoms with van der Waals surface area (Å²) < 4.78 is 0.828. The van der Waals surface area contributed by atoms with Crippen molar-refractivity contribution in [3.63, 3.8) is 0 Å². The number of rotatable bonds is 2. The summed E-state index contributed by atoms with van der Waals surface area (Å²) in [6, 6.07) is 5.46. The Balaban J connectivity index is 2.96. The van der Waals surface area contributed by atoms with Crippen LogP contribution in [0.25, 0.3) is 0 Å². The van der Waals surface area contributed by atoms with Gasteiger partial charge in [-0.2, -0.15) is 0 Å². The maximum absolute atomic E-state index is 9.48. The molecule has 0 radical (unpaired) electrons. The van der Waals surface area contributed by atoms with Crippen molar-refractivity contribution in [3.05, 3.63) is 33.3 Å². The molecule has 0 unspecified atom stereocenters. The zero-order valence-electron chi connectivity index (χ0n) is 6.72. The monoisotopic (exact) mass is 248 g/mol. The van der Waals surface area contributed by atoms with E-state index in [4.69, 9.17) is 11.6 Å². The summed E-state index contributed by atoms with van der Waals surface area (Å²) in [6.07, 6.45) is 0.326. The van der Waals surface area contributed by atoms with Gasteiger partial charge in [-0.25, -0.2) is 0 Å². The summed E-state index contributed by atoms with van der Waals surface area (Å²) in [5.74, 6) is 0. The lowest BCUT2D eigenvalue weighted by atomic mass is 10.1. The van der Waals surface area contributed by atoms with Crippen molar-refractivity contribution in [3.8, 4) is 0 Å². The van der Waals surface area contributed by atoms with E-state index >= 15 is 0 Å². The average molecular weight is 250 g/mol. The molecular weight excluding hydrogens is 239 g/mol. The smallest absolute Gasteiger partial charge is 0.0787 e. The van der Waals surface area contributed by atoms with Crippen LogP contribution in [0.1, 0.15) is 25.0 Å². The highest BCUT2D eigenvalue weighted by Gasteiger charge is 2.05. The second kappa shape index (κ2) is 4.26. The first-order valence-electron chi connectivity index (χ1n) is 3.78. The molecule has 0 aliphatic heterocycles. The third-order valence-corrected chi connectivity index (χ3v) is 2.93. The van der Waals surface area contributed by atoms with Gasteiger partial charge in [0.05, 0.1) is 11.1 Å². The Labute approximate surface area is 85.5 Å². The molecule has 1 aromatic rings. The highest BCUT2D eigenvalue weighted by Crippen LogP contribution is 2.26. The van der Waals surface area contributed by atoms with Crippen molar-refractivity contribution < 1.29 is 5.11 Å². The molecular formula is C9H10BrClO. The molecule has 1 rings (SSSR count). The predicted molar refractivity (Wildman–Crippen MR) is 54.4 cm³/mol. The normalized spacial score (nSPS) is 13.0. The third-order valence-electron chi connectivity index (χ3n) is 1.72. The van der Waals surface area contributed by atoms with Gasteiger partial charge >= 0.3 is 0 Å². The van der Waals surface area contributed by atoms with Gasteiger partial charge < -0.3 is 5.11 Å². The van der Waals surface area contributed by atoms with Gasteiger partial charge in [0.25, 0.3) is 0 Å². The fourth-order valence-corrected chi connectivity index (χ4v) is 1.47. The van der Waals surface area contributed by atoms with Crippen molar-refractivity contribution in [2.24, 2.45) is 0 Å². The van der Waals surface area contributed by atoms with Crippen LogP contribution >= 0.6 is 27.5 Å². The van der Waals surface area contributed by atoms with E-state index in [1.807, 2.05) is 19.1 Å². The van der Waals surface area contributed by atoms with Crippen LogP contribution in [0.4, 0.5) is 0 Å². The number of halogens is 2. The second-order valence-electron chi connectivity index (χ2n) is 2.60. The minimum Gasteiger partial charge on any atom is -0.388 e. The van der Waals surface area contributed by atoms with Gasteiger partial charge in [-0.3, -0.25) is 0 Å². The lowest BCUT2D eigenvalue weighted by molar-refractivity contribution is 0.173. The van der Waals surface area contributed by atoms with Crippen molar-refractivity contribution in [2.45, 2.75) is 19.4 Å². The van der Waals surface area contributed by atoms with Crippen LogP contribution in [0.15, 0.2) is 22.7 Å². The lowest BCUT2D eigenvalue weighted by Gasteiger charge is -2.08. The van der Waals surface area contributed by atoms with Gasteiger partial charge in [0.1, 0.15) is 0 Å². The number of benzene rings is 1. The Kier molecular flexibility index (Phi) is 3.56. The molecule has 66 valence electrons. The van der Waals surface area contributed by atoms with E-state index < -0.39 is 6.10 Å². The Morgan fingerprint density at radius 2 is 2.25 bits per heavy atom. The van der Waals surface area contributed by atoms with E-state index in [0.717, 1.165) is 10.0 Å². The SMILES string of the molecule is CC[C@@H](O)c1ccc(Cl)c(Br)c1. The van der Waals surface area contributed by atoms with E-state index in [1.165, 1.54) is 0 Å². The van der Waals surface area contributed by atoms with Crippen LogP contribution in [0.3, 0.4) is 0 Å². The Hall–Kier alpha value is -0.0500. The summed E-state index contributed by atoms with van der Waals surface area (Å²) in [7, 11) is 0. The molecule has 0 saturated carbocycles. The van der Waals surface area contributed by atoms with Crippen molar-refractivity contribution in [2.75, 3.05) is 0 Å². The molecule has 0 bridgehead atoms. The van der Waals surface area contributed by atoms with Crippen LogP contribution < -0.4 is 0 Å². The van der Waals surface area contributed by atoms with Gasteiger partial charge in [-0.05, 0) is 40.0 Å². The molecule has 12 heavy (non-hydrogen) atoms. The van der Waals surface area contributed by atoms with Crippen molar-refractivity contribution in [1.82, 2.24) is 0 Å². The first-order chi connectivity index (χ1) is 5.65. The molecule has 0 saturated heterocycles. The van der Waals surface area contributed by atoms with Crippen LogP contribution in [0.5, 0.6) is 0 Å². The molecule has 0 aliphatic carbocycles. The summed E-state index contributed by atoms with van der Waals surface area (Å²) in [5.41, 5.74) is 0.897. The summed E-state index contributed by atoms with van der Waals surface area (Å²) in [6.45, 7) is 1.94. The molecule has 1 nitrogen and oxygen atoms in total. The largest absolute Gasteiger partial charge is 0.388 e. The van der Waals surface area contributed by atoms with E-state index in [-0.39, 0.29) is 0 Å². The van der Waals surface area contributed by atoms with Crippen LogP contribution in [-0.2, 0) is 0 Å². The third kappa shape index (κ3) is 2.22. The van der Waals surface area contributed by atoms with E-state index in [9.17, 15) is 5.11 Å². The molecule has 0 amide bonds.